The Balaban J connectivity index is 2.11. The summed E-state index contributed by atoms with van der Waals surface area (Å²) in [5, 5.41) is 14.1. The molecule has 2 rings (SSSR count). The molecule has 1 saturated heterocycles. The Labute approximate surface area is 89.5 Å². The zero-order valence-electron chi connectivity index (χ0n) is 9.27. The minimum absolute atomic E-state index is 0.528. The number of hydrogen-bond donors (Lipinski definition) is 2. The van der Waals surface area contributed by atoms with Crippen molar-refractivity contribution in [3.05, 3.63) is 6.20 Å². The minimum Gasteiger partial charge on any atom is -0.394 e. The Morgan fingerprint density at radius 3 is 2.53 bits per heavy atom. The molecule has 0 atom stereocenters. The Hall–Kier alpha value is -1.23. The first-order valence-corrected chi connectivity index (χ1v) is 5.24. The molecule has 5 nitrogen and oxygen atoms in total. The Kier molecular flexibility index (Phi) is 2.34. The highest BCUT2D eigenvalue weighted by atomic mass is 16.3. The summed E-state index contributed by atoms with van der Waals surface area (Å²) >= 11 is 0. The Morgan fingerprint density at radius 1 is 1.47 bits per heavy atom. The first-order valence-electron chi connectivity index (χ1n) is 5.24. The van der Waals surface area contributed by atoms with E-state index in [1.807, 2.05) is 20.2 Å². The number of aromatic nitrogens is 2. The first-order chi connectivity index (χ1) is 6.98. The predicted molar refractivity (Wildman–Crippen MR) is 59.7 cm³/mol. The number of hydrogen-bond acceptors (Lipinski definition) is 4. The van der Waals surface area contributed by atoms with Crippen LogP contribution in [0.4, 0.5) is 11.5 Å². The zero-order valence-corrected chi connectivity index (χ0v) is 9.27. The molecular formula is C10H18N4O. The summed E-state index contributed by atoms with van der Waals surface area (Å²) in [6.07, 6.45) is 3.34. The number of rotatable bonds is 1. The second kappa shape index (κ2) is 3.41. The average Bonchev–Trinajstić information content (AvgIpc) is 2.45. The van der Waals surface area contributed by atoms with Crippen LogP contribution in [0, 0.1) is 0 Å². The molecule has 0 unspecified atom stereocenters. The van der Waals surface area contributed by atoms with Gasteiger partial charge >= 0.3 is 0 Å². The van der Waals surface area contributed by atoms with Gasteiger partial charge in [-0.1, -0.05) is 0 Å². The van der Waals surface area contributed by atoms with Crippen LogP contribution < -0.4 is 10.6 Å². The number of piperidine rings is 1. The minimum atomic E-state index is -0.528. The van der Waals surface area contributed by atoms with Crippen molar-refractivity contribution in [2.24, 2.45) is 7.05 Å². The molecule has 0 saturated carbocycles. The molecule has 0 spiro atoms. The number of nitrogens with zero attached hydrogens (tertiary/aromatic N) is 3. The lowest BCUT2D eigenvalue weighted by Gasteiger charge is -2.36. The first kappa shape index (κ1) is 10.3. The molecule has 2 heterocycles. The summed E-state index contributed by atoms with van der Waals surface area (Å²) in [6.45, 7) is 3.51. The molecule has 0 aliphatic carbocycles. The van der Waals surface area contributed by atoms with Gasteiger partial charge in [0.2, 0.25) is 0 Å². The van der Waals surface area contributed by atoms with E-state index in [0.29, 0.717) is 5.69 Å². The van der Waals surface area contributed by atoms with Gasteiger partial charge < -0.3 is 15.7 Å². The normalized spacial score (nSPS) is 20.6. The van der Waals surface area contributed by atoms with Crippen molar-refractivity contribution >= 4 is 11.5 Å². The van der Waals surface area contributed by atoms with E-state index < -0.39 is 5.60 Å². The van der Waals surface area contributed by atoms with Crippen molar-refractivity contribution in [3.63, 3.8) is 0 Å². The molecule has 0 amide bonds. The van der Waals surface area contributed by atoms with Gasteiger partial charge in [0.25, 0.3) is 0 Å². The number of aliphatic hydroxyl groups is 1. The summed E-state index contributed by atoms with van der Waals surface area (Å²) in [5.41, 5.74) is 6.03. The highest BCUT2D eigenvalue weighted by molar-refractivity contribution is 5.61. The maximum absolute atomic E-state index is 9.83. The second-order valence-corrected chi connectivity index (χ2v) is 4.57. The van der Waals surface area contributed by atoms with Crippen molar-refractivity contribution in [3.8, 4) is 0 Å². The lowest BCUT2D eigenvalue weighted by atomic mass is 9.94. The third kappa shape index (κ3) is 2.07. The number of anilines is 2. The highest BCUT2D eigenvalue weighted by Crippen LogP contribution is 2.27. The molecule has 1 aliphatic heterocycles. The number of nitrogens with two attached hydrogens (primary N) is 1. The largest absolute Gasteiger partial charge is 0.394 e. The fourth-order valence-corrected chi connectivity index (χ4v) is 1.94. The van der Waals surface area contributed by atoms with E-state index in [4.69, 9.17) is 5.73 Å². The van der Waals surface area contributed by atoms with E-state index in [1.54, 1.807) is 4.68 Å². The molecule has 1 aromatic heterocycles. The standard InChI is InChI=1S/C10H18N4O/c1-10(15)3-5-14(6-4-10)9-8(11)7-13(2)12-9/h7,15H,3-6,11H2,1-2H3. The van der Waals surface area contributed by atoms with E-state index >= 15 is 0 Å². The SMILES string of the molecule is Cn1cc(N)c(N2CCC(C)(O)CC2)n1. The molecule has 1 fully saturated rings. The van der Waals surface area contributed by atoms with Crippen molar-refractivity contribution < 1.29 is 5.11 Å². The van der Waals surface area contributed by atoms with E-state index in [1.165, 1.54) is 0 Å². The summed E-state index contributed by atoms with van der Waals surface area (Å²) in [4.78, 5) is 2.13. The van der Waals surface area contributed by atoms with Gasteiger partial charge in [-0.25, -0.2) is 0 Å². The molecule has 5 heteroatoms. The van der Waals surface area contributed by atoms with Crippen LogP contribution in [0.5, 0.6) is 0 Å². The quantitative estimate of drug-likeness (QED) is 0.702. The molecule has 0 bridgehead atoms. The van der Waals surface area contributed by atoms with Gasteiger partial charge in [0.05, 0.1) is 11.3 Å². The van der Waals surface area contributed by atoms with E-state index in [9.17, 15) is 5.11 Å². The summed E-state index contributed by atoms with van der Waals surface area (Å²) < 4.78 is 1.72. The molecule has 3 N–H and O–H groups in total. The Bertz CT molecular complexity index is 348. The Morgan fingerprint density at radius 2 is 2.07 bits per heavy atom. The van der Waals surface area contributed by atoms with E-state index in [2.05, 4.69) is 10.00 Å². The van der Waals surface area contributed by atoms with Gasteiger partial charge in [-0.05, 0) is 19.8 Å². The van der Waals surface area contributed by atoms with Crippen LogP contribution in [0.25, 0.3) is 0 Å². The molecule has 0 aromatic carbocycles. The second-order valence-electron chi connectivity index (χ2n) is 4.57. The van der Waals surface area contributed by atoms with Gasteiger partial charge in [0, 0.05) is 26.3 Å². The lowest BCUT2D eigenvalue weighted by Crippen LogP contribution is -2.42. The smallest absolute Gasteiger partial charge is 0.173 e. The van der Waals surface area contributed by atoms with Crippen LogP contribution in [-0.2, 0) is 7.05 Å². The molecule has 1 aliphatic rings. The van der Waals surface area contributed by atoms with Crippen molar-refractivity contribution in [2.45, 2.75) is 25.4 Å². The molecular weight excluding hydrogens is 192 g/mol. The van der Waals surface area contributed by atoms with Crippen LogP contribution in [0.1, 0.15) is 19.8 Å². The van der Waals surface area contributed by atoms with Gasteiger partial charge in [-0.15, -0.1) is 0 Å². The average molecular weight is 210 g/mol. The molecule has 84 valence electrons. The van der Waals surface area contributed by atoms with Crippen molar-refractivity contribution in [2.75, 3.05) is 23.7 Å². The van der Waals surface area contributed by atoms with E-state index in [-0.39, 0.29) is 0 Å². The lowest BCUT2D eigenvalue weighted by molar-refractivity contribution is 0.0350. The van der Waals surface area contributed by atoms with Gasteiger partial charge in [0.15, 0.2) is 5.82 Å². The monoisotopic (exact) mass is 210 g/mol. The predicted octanol–water partition coefficient (Wildman–Crippen LogP) is 0.353. The third-order valence-electron chi connectivity index (χ3n) is 2.98. The van der Waals surface area contributed by atoms with E-state index in [0.717, 1.165) is 31.7 Å². The van der Waals surface area contributed by atoms with Crippen LogP contribution in [0.3, 0.4) is 0 Å². The van der Waals surface area contributed by atoms with Crippen LogP contribution in [0.2, 0.25) is 0 Å². The van der Waals surface area contributed by atoms with Gasteiger partial charge in [-0.2, -0.15) is 5.10 Å². The van der Waals surface area contributed by atoms with Gasteiger partial charge in [0.1, 0.15) is 0 Å². The maximum atomic E-state index is 9.83. The van der Waals surface area contributed by atoms with Gasteiger partial charge in [-0.3, -0.25) is 4.68 Å². The zero-order chi connectivity index (χ0) is 11.1. The van der Waals surface area contributed by atoms with Crippen molar-refractivity contribution in [1.29, 1.82) is 0 Å². The third-order valence-corrected chi connectivity index (χ3v) is 2.98. The number of aryl methyl sites for hydroxylation is 1. The summed E-state index contributed by atoms with van der Waals surface area (Å²) in [6, 6.07) is 0. The fraction of sp³-hybridized carbons (Fsp3) is 0.700. The van der Waals surface area contributed by atoms with Crippen LogP contribution in [-0.4, -0.2) is 33.6 Å². The molecule has 15 heavy (non-hydrogen) atoms. The summed E-state index contributed by atoms with van der Waals surface area (Å²) in [5.74, 6) is 0.841. The molecule has 0 radical (unpaired) electrons. The van der Waals surface area contributed by atoms with Crippen LogP contribution >= 0.6 is 0 Å². The maximum Gasteiger partial charge on any atom is 0.173 e. The number of nitrogen functional groups attached to an aromatic ring is 1. The van der Waals surface area contributed by atoms with Crippen LogP contribution in [0.15, 0.2) is 6.20 Å². The molecule has 1 aromatic rings. The highest BCUT2D eigenvalue weighted by Gasteiger charge is 2.28. The fourth-order valence-electron chi connectivity index (χ4n) is 1.94. The summed E-state index contributed by atoms with van der Waals surface area (Å²) in [7, 11) is 1.86. The topological polar surface area (TPSA) is 67.3 Å². The van der Waals surface area contributed by atoms with Crippen molar-refractivity contribution in [1.82, 2.24) is 9.78 Å².